The molecule has 0 radical (unpaired) electrons. The third kappa shape index (κ3) is 2.73. The van der Waals surface area contributed by atoms with Crippen LogP contribution in [0.15, 0.2) is 30.5 Å². The molecule has 148 valence electrons. The standard InChI is InChI=1S/C22H28N4O2/c1-24-12-17-13-26(15-22(17,14-24)21(28)25-8-4-5-9-25)20(27)10-16-11-23-19-7-3-2-6-18(16)19/h2-3,6-7,11,17,23H,4-5,8-10,12-15H2,1H3/t17-,22-/m0/s1. The van der Waals surface area contributed by atoms with E-state index in [1.165, 1.54) is 0 Å². The molecule has 2 amide bonds. The van der Waals surface area contributed by atoms with Crippen LogP contribution in [0.4, 0.5) is 0 Å². The first-order chi connectivity index (χ1) is 13.6. The van der Waals surface area contributed by atoms with Gasteiger partial charge in [0.15, 0.2) is 0 Å². The molecule has 6 heteroatoms. The van der Waals surface area contributed by atoms with E-state index in [4.69, 9.17) is 0 Å². The van der Waals surface area contributed by atoms with Crippen molar-refractivity contribution in [3.05, 3.63) is 36.0 Å². The van der Waals surface area contributed by atoms with Gasteiger partial charge in [-0.2, -0.15) is 0 Å². The number of likely N-dealkylation sites (tertiary alicyclic amines) is 3. The monoisotopic (exact) mass is 380 g/mol. The third-order valence-electron chi connectivity index (χ3n) is 6.97. The van der Waals surface area contributed by atoms with Crippen LogP contribution in [-0.4, -0.2) is 77.8 Å². The summed E-state index contributed by atoms with van der Waals surface area (Å²) in [5.41, 5.74) is 1.69. The molecule has 1 N–H and O–H groups in total. The van der Waals surface area contributed by atoms with Crippen molar-refractivity contribution in [2.45, 2.75) is 19.3 Å². The second-order valence-electron chi connectivity index (χ2n) is 8.86. The second-order valence-corrected chi connectivity index (χ2v) is 8.86. The van der Waals surface area contributed by atoms with Gasteiger partial charge in [-0.05, 0) is 31.5 Å². The zero-order valence-electron chi connectivity index (χ0n) is 16.5. The number of nitrogens with one attached hydrogen (secondary N) is 1. The van der Waals surface area contributed by atoms with Crippen LogP contribution in [-0.2, 0) is 16.0 Å². The van der Waals surface area contributed by atoms with Gasteiger partial charge in [-0.15, -0.1) is 0 Å². The summed E-state index contributed by atoms with van der Waals surface area (Å²) in [6, 6.07) is 8.09. The first-order valence-electron chi connectivity index (χ1n) is 10.4. The first-order valence-corrected chi connectivity index (χ1v) is 10.4. The van der Waals surface area contributed by atoms with E-state index in [9.17, 15) is 9.59 Å². The van der Waals surface area contributed by atoms with Gasteiger partial charge < -0.3 is 19.7 Å². The van der Waals surface area contributed by atoms with Gasteiger partial charge in [-0.1, -0.05) is 18.2 Å². The number of fused-ring (bicyclic) bond motifs is 2. The number of aromatic amines is 1. The number of amides is 2. The van der Waals surface area contributed by atoms with Gasteiger partial charge in [0.25, 0.3) is 0 Å². The van der Waals surface area contributed by atoms with Crippen molar-refractivity contribution < 1.29 is 9.59 Å². The molecule has 6 nitrogen and oxygen atoms in total. The number of carbonyl (C=O) groups excluding carboxylic acids is 2. The van der Waals surface area contributed by atoms with E-state index in [1.54, 1.807) is 0 Å². The predicted molar refractivity (Wildman–Crippen MR) is 108 cm³/mol. The maximum atomic E-state index is 13.4. The molecule has 0 bridgehead atoms. The van der Waals surface area contributed by atoms with Crippen molar-refractivity contribution in [1.29, 1.82) is 0 Å². The zero-order valence-corrected chi connectivity index (χ0v) is 16.5. The molecule has 2 atom stereocenters. The van der Waals surface area contributed by atoms with Gasteiger partial charge in [-0.3, -0.25) is 9.59 Å². The lowest BCUT2D eigenvalue weighted by Crippen LogP contribution is -2.49. The number of rotatable bonds is 3. The molecular formula is C22H28N4O2. The number of para-hydroxylation sites is 1. The van der Waals surface area contributed by atoms with Gasteiger partial charge in [0.2, 0.25) is 11.8 Å². The molecular weight excluding hydrogens is 352 g/mol. The molecule has 0 spiro atoms. The van der Waals surface area contributed by atoms with E-state index >= 15 is 0 Å². The SMILES string of the molecule is CN1C[C@H]2CN(C(=O)Cc3c[nH]c4ccccc34)C[C@@]2(C(=O)N2CCCC2)C1. The minimum absolute atomic E-state index is 0.135. The summed E-state index contributed by atoms with van der Waals surface area (Å²) in [4.78, 5) is 36.1. The van der Waals surface area contributed by atoms with Gasteiger partial charge >= 0.3 is 0 Å². The summed E-state index contributed by atoms with van der Waals surface area (Å²) in [5.74, 6) is 0.662. The quantitative estimate of drug-likeness (QED) is 0.882. The minimum atomic E-state index is -0.408. The van der Waals surface area contributed by atoms with Crippen LogP contribution in [0, 0.1) is 11.3 Å². The van der Waals surface area contributed by atoms with Crippen LogP contribution in [0.2, 0.25) is 0 Å². The van der Waals surface area contributed by atoms with Crippen LogP contribution in [0.1, 0.15) is 18.4 Å². The fraction of sp³-hybridized carbons (Fsp3) is 0.545. The van der Waals surface area contributed by atoms with Crippen molar-refractivity contribution in [2.75, 3.05) is 46.3 Å². The number of hydrogen-bond acceptors (Lipinski definition) is 3. The molecule has 1 aromatic heterocycles. The first kappa shape index (κ1) is 17.7. The third-order valence-corrected chi connectivity index (χ3v) is 6.97. The largest absolute Gasteiger partial charge is 0.361 e. The molecule has 4 heterocycles. The fourth-order valence-corrected chi connectivity index (χ4v) is 5.60. The molecule has 28 heavy (non-hydrogen) atoms. The number of benzene rings is 1. The number of carbonyl (C=O) groups is 2. The van der Waals surface area contributed by atoms with Gasteiger partial charge in [0.05, 0.1) is 11.8 Å². The summed E-state index contributed by atoms with van der Waals surface area (Å²) in [6.45, 7) is 4.69. The highest BCUT2D eigenvalue weighted by molar-refractivity contribution is 5.90. The maximum Gasteiger partial charge on any atom is 0.232 e. The summed E-state index contributed by atoms with van der Waals surface area (Å²) >= 11 is 0. The molecule has 1 aromatic carbocycles. The highest BCUT2D eigenvalue weighted by Gasteiger charge is 2.58. The Morgan fingerprint density at radius 3 is 2.71 bits per heavy atom. The van der Waals surface area contributed by atoms with Crippen LogP contribution in [0.3, 0.4) is 0 Å². The van der Waals surface area contributed by atoms with E-state index in [1.807, 2.05) is 34.2 Å². The van der Waals surface area contributed by atoms with Crippen LogP contribution in [0.25, 0.3) is 10.9 Å². The average molecular weight is 380 g/mol. The van der Waals surface area contributed by atoms with Crippen LogP contribution in [0.5, 0.6) is 0 Å². The number of aromatic nitrogens is 1. The lowest BCUT2D eigenvalue weighted by Gasteiger charge is -2.32. The number of nitrogens with zero attached hydrogens (tertiary/aromatic N) is 3. The van der Waals surface area contributed by atoms with Crippen molar-refractivity contribution in [1.82, 2.24) is 19.7 Å². The Kier molecular flexibility index (Phi) is 4.19. The average Bonchev–Trinajstić information content (AvgIpc) is 3.44. The van der Waals surface area contributed by atoms with Gasteiger partial charge in [0.1, 0.15) is 0 Å². The van der Waals surface area contributed by atoms with Crippen LogP contribution < -0.4 is 0 Å². The highest BCUT2D eigenvalue weighted by atomic mass is 16.2. The molecule has 3 aliphatic rings. The minimum Gasteiger partial charge on any atom is -0.361 e. The lowest BCUT2D eigenvalue weighted by atomic mass is 9.79. The van der Waals surface area contributed by atoms with E-state index in [0.29, 0.717) is 19.5 Å². The number of hydrogen-bond donors (Lipinski definition) is 1. The Labute approximate surface area is 165 Å². The number of H-pyrrole nitrogens is 1. The van der Waals surface area contributed by atoms with E-state index < -0.39 is 5.41 Å². The molecule has 0 unspecified atom stereocenters. The zero-order chi connectivity index (χ0) is 19.3. The van der Waals surface area contributed by atoms with Crippen molar-refractivity contribution in [2.24, 2.45) is 11.3 Å². The van der Waals surface area contributed by atoms with E-state index in [2.05, 4.69) is 23.0 Å². The van der Waals surface area contributed by atoms with Crippen molar-refractivity contribution in [3.63, 3.8) is 0 Å². The van der Waals surface area contributed by atoms with Crippen LogP contribution >= 0.6 is 0 Å². The van der Waals surface area contributed by atoms with E-state index in [-0.39, 0.29) is 17.7 Å². The van der Waals surface area contributed by atoms with Crippen molar-refractivity contribution >= 4 is 22.7 Å². The topological polar surface area (TPSA) is 59.7 Å². The van der Waals surface area contributed by atoms with E-state index in [0.717, 1.165) is 55.5 Å². The van der Waals surface area contributed by atoms with Crippen molar-refractivity contribution in [3.8, 4) is 0 Å². The fourth-order valence-electron chi connectivity index (χ4n) is 5.60. The Bertz CT molecular complexity index is 916. The molecule has 0 aliphatic carbocycles. The lowest BCUT2D eigenvalue weighted by molar-refractivity contribution is -0.141. The molecule has 5 rings (SSSR count). The smallest absolute Gasteiger partial charge is 0.232 e. The highest BCUT2D eigenvalue weighted by Crippen LogP contribution is 2.44. The Morgan fingerprint density at radius 2 is 1.89 bits per heavy atom. The second kappa shape index (κ2) is 6.62. The summed E-state index contributed by atoms with van der Waals surface area (Å²) < 4.78 is 0. The molecule has 3 fully saturated rings. The summed E-state index contributed by atoms with van der Waals surface area (Å²) in [5, 5.41) is 1.11. The molecule has 2 aromatic rings. The molecule has 0 saturated carbocycles. The normalized spacial score (nSPS) is 27.7. The van der Waals surface area contributed by atoms with Gasteiger partial charge in [0, 0.05) is 62.3 Å². The maximum absolute atomic E-state index is 13.4. The Balaban J connectivity index is 1.36. The Morgan fingerprint density at radius 1 is 1.11 bits per heavy atom. The summed E-state index contributed by atoms with van der Waals surface area (Å²) in [7, 11) is 2.09. The predicted octanol–water partition coefficient (Wildman–Crippen LogP) is 1.72. The molecule has 3 aliphatic heterocycles. The van der Waals surface area contributed by atoms with Gasteiger partial charge in [-0.25, -0.2) is 0 Å². The molecule has 3 saturated heterocycles. The summed E-state index contributed by atoms with van der Waals surface area (Å²) in [6.07, 6.45) is 4.54. The Hall–Kier alpha value is -2.34.